The number of hydrogen-bond donors (Lipinski definition) is 0. The summed E-state index contributed by atoms with van der Waals surface area (Å²) in [4.78, 5) is 17.4. The van der Waals surface area contributed by atoms with Gasteiger partial charge in [-0.05, 0) is 35.9 Å². The number of carbonyl (C=O) groups is 1. The minimum Gasteiger partial charge on any atom is -0.461 e. The largest absolute Gasteiger partial charge is 0.461 e. The lowest BCUT2D eigenvalue weighted by atomic mass is 10.1. The van der Waals surface area contributed by atoms with Crippen LogP contribution in [0.2, 0.25) is 0 Å². The van der Waals surface area contributed by atoms with Gasteiger partial charge in [0, 0.05) is 10.6 Å². The number of esters is 1. The van der Waals surface area contributed by atoms with Crippen LogP contribution < -0.4 is 0 Å². The van der Waals surface area contributed by atoms with Crippen LogP contribution in [0.1, 0.15) is 23.1 Å². The van der Waals surface area contributed by atoms with E-state index in [4.69, 9.17) is 4.74 Å². The molecule has 0 atom stereocenters. The Kier molecular flexibility index (Phi) is 4.93. The number of ether oxygens (including phenoxy) is 1. The van der Waals surface area contributed by atoms with Crippen LogP contribution in [0.15, 0.2) is 65.6 Å². The number of pyridine rings is 1. The molecule has 0 amide bonds. The molecule has 2 aromatic carbocycles. The first-order valence-corrected chi connectivity index (χ1v) is 8.50. The Balaban J connectivity index is 1.77. The van der Waals surface area contributed by atoms with Gasteiger partial charge in [0.05, 0.1) is 12.3 Å². The first-order chi connectivity index (χ1) is 11.3. The molecule has 0 radical (unpaired) electrons. The fourth-order valence-corrected chi connectivity index (χ4v) is 3.33. The van der Waals surface area contributed by atoms with Gasteiger partial charge in [0.25, 0.3) is 0 Å². The van der Waals surface area contributed by atoms with Crippen LogP contribution in [-0.4, -0.2) is 17.6 Å². The summed E-state index contributed by atoms with van der Waals surface area (Å²) in [5.74, 6) is 0.339. The Morgan fingerprint density at radius 2 is 1.83 bits per heavy atom. The Morgan fingerprint density at radius 3 is 2.70 bits per heavy atom. The van der Waals surface area contributed by atoms with Crippen LogP contribution in [0.25, 0.3) is 10.8 Å². The molecule has 0 aliphatic heterocycles. The van der Waals surface area contributed by atoms with Crippen molar-refractivity contribution in [2.45, 2.75) is 17.6 Å². The summed E-state index contributed by atoms with van der Waals surface area (Å²) >= 11 is 1.72. The smallest absolute Gasteiger partial charge is 0.356 e. The van der Waals surface area contributed by atoms with E-state index in [1.165, 1.54) is 15.7 Å². The van der Waals surface area contributed by atoms with Gasteiger partial charge in [-0.1, -0.05) is 42.5 Å². The molecule has 0 fully saturated rings. The van der Waals surface area contributed by atoms with E-state index in [-0.39, 0.29) is 5.97 Å². The first-order valence-electron chi connectivity index (χ1n) is 7.51. The molecule has 3 aromatic rings. The average Bonchev–Trinajstić information content (AvgIpc) is 2.60. The quantitative estimate of drug-likeness (QED) is 0.504. The van der Waals surface area contributed by atoms with Crippen molar-refractivity contribution in [2.75, 3.05) is 6.61 Å². The van der Waals surface area contributed by atoms with Gasteiger partial charge in [-0.15, -0.1) is 11.8 Å². The molecule has 3 rings (SSSR count). The summed E-state index contributed by atoms with van der Waals surface area (Å²) in [7, 11) is 0. The highest BCUT2D eigenvalue weighted by atomic mass is 32.2. The summed E-state index contributed by atoms with van der Waals surface area (Å²) in [6.07, 6.45) is 0. The van der Waals surface area contributed by atoms with Crippen molar-refractivity contribution in [1.82, 2.24) is 4.98 Å². The van der Waals surface area contributed by atoms with Crippen LogP contribution >= 0.6 is 11.8 Å². The summed E-state index contributed by atoms with van der Waals surface area (Å²) in [6.45, 7) is 2.15. The molecule has 0 aliphatic carbocycles. The van der Waals surface area contributed by atoms with Crippen LogP contribution in [0.5, 0.6) is 0 Å². The van der Waals surface area contributed by atoms with Gasteiger partial charge in [0.2, 0.25) is 0 Å². The number of hydrogen-bond acceptors (Lipinski definition) is 4. The number of carbonyl (C=O) groups excluding carboxylic acids is 1. The molecule has 0 spiro atoms. The molecule has 116 valence electrons. The van der Waals surface area contributed by atoms with Crippen LogP contribution in [0.3, 0.4) is 0 Å². The van der Waals surface area contributed by atoms with E-state index in [1.807, 2.05) is 24.3 Å². The van der Waals surface area contributed by atoms with E-state index in [2.05, 4.69) is 35.3 Å². The minimum atomic E-state index is -0.371. The van der Waals surface area contributed by atoms with Crippen LogP contribution in [0.4, 0.5) is 0 Å². The molecule has 23 heavy (non-hydrogen) atoms. The third-order valence-corrected chi connectivity index (χ3v) is 4.52. The number of fused-ring (bicyclic) bond motifs is 1. The molecular formula is C19H17NO2S. The standard InChI is InChI=1S/C19H17NO2S/c1-2-22-19(21)17-11-6-9-15(20-17)13-23-18-12-5-8-14-7-3-4-10-16(14)18/h3-12H,2,13H2,1H3. The zero-order valence-corrected chi connectivity index (χ0v) is 13.7. The van der Waals surface area contributed by atoms with E-state index in [1.54, 1.807) is 24.8 Å². The minimum absolute atomic E-state index is 0.357. The number of rotatable bonds is 5. The molecule has 1 aromatic heterocycles. The third-order valence-electron chi connectivity index (χ3n) is 3.42. The van der Waals surface area contributed by atoms with E-state index >= 15 is 0 Å². The highest BCUT2D eigenvalue weighted by Crippen LogP contribution is 2.29. The molecule has 0 saturated carbocycles. The van der Waals surface area contributed by atoms with Crippen LogP contribution in [0, 0.1) is 0 Å². The maximum atomic E-state index is 11.8. The van der Waals surface area contributed by atoms with E-state index in [9.17, 15) is 4.79 Å². The molecule has 0 aliphatic rings. The van der Waals surface area contributed by atoms with Crippen molar-refractivity contribution in [2.24, 2.45) is 0 Å². The first kappa shape index (κ1) is 15.6. The zero-order valence-electron chi connectivity index (χ0n) is 12.9. The Labute approximate surface area is 139 Å². The maximum Gasteiger partial charge on any atom is 0.356 e. The number of thioether (sulfide) groups is 1. The summed E-state index contributed by atoms with van der Waals surface area (Å²) < 4.78 is 5.00. The van der Waals surface area contributed by atoms with E-state index in [0.717, 1.165) is 5.69 Å². The predicted octanol–water partition coefficient (Wildman–Crippen LogP) is 4.70. The van der Waals surface area contributed by atoms with Gasteiger partial charge in [-0.3, -0.25) is 0 Å². The number of nitrogens with zero attached hydrogens (tertiary/aromatic N) is 1. The van der Waals surface area contributed by atoms with Gasteiger partial charge in [0.1, 0.15) is 5.69 Å². The zero-order chi connectivity index (χ0) is 16.1. The third kappa shape index (κ3) is 3.71. The molecule has 0 saturated heterocycles. The molecule has 4 heteroatoms. The molecule has 0 unspecified atom stereocenters. The summed E-state index contributed by atoms with van der Waals surface area (Å²) in [5.41, 5.74) is 1.23. The van der Waals surface area contributed by atoms with Crippen molar-refractivity contribution < 1.29 is 9.53 Å². The fraction of sp³-hybridized carbons (Fsp3) is 0.158. The Morgan fingerprint density at radius 1 is 1.04 bits per heavy atom. The lowest BCUT2D eigenvalue weighted by Crippen LogP contribution is -2.07. The lowest BCUT2D eigenvalue weighted by Gasteiger charge is -2.07. The molecule has 1 heterocycles. The average molecular weight is 323 g/mol. The predicted molar refractivity (Wildman–Crippen MR) is 93.7 cm³/mol. The van der Waals surface area contributed by atoms with Gasteiger partial charge >= 0.3 is 5.97 Å². The summed E-state index contributed by atoms with van der Waals surface area (Å²) in [6, 6.07) is 20.1. The van der Waals surface area contributed by atoms with Gasteiger partial charge < -0.3 is 4.74 Å². The molecular weight excluding hydrogens is 306 g/mol. The monoisotopic (exact) mass is 323 g/mol. The number of benzene rings is 2. The molecule has 0 bridgehead atoms. The lowest BCUT2D eigenvalue weighted by molar-refractivity contribution is 0.0519. The second-order valence-corrected chi connectivity index (χ2v) is 6.02. The fourth-order valence-electron chi connectivity index (χ4n) is 2.35. The van der Waals surface area contributed by atoms with E-state index < -0.39 is 0 Å². The van der Waals surface area contributed by atoms with Crippen molar-refractivity contribution in [3.63, 3.8) is 0 Å². The number of aromatic nitrogens is 1. The Hall–Kier alpha value is -2.33. The van der Waals surface area contributed by atoms with Crippen LogP contribution in [-0.2, 0) is 10.5 Å². The SMILES string of the molecule is CCOC(=O)c1cccc(CSc2cccc3ccccc23)n1. The second kappa shape index (κ2) is 7.29. The summed E-state index contributed by atoms with van der Waals surface area (Å²) in [5, 5.41) is 2.47. The highest BCUT2D eigenvalue weighted by molar-refractivity contribution is 7.98. The van der Waals surface area contributed by atoms with Crippen molar-refractivity contribution in [3.05, 3.63) is 72.1 Å². The van der Waals surface area contributed by atoms with Gasteiger partial charge in [-0.25, -0.2) is 9.78 Å². The maximum absolute atomic E-state index is 11.8. The molecule has 0 N–H and O–H groups in total. The van der Waals surface area contributed by atoms with Crippen molar-refractivity contribution in [1.29, 1.82) is 0 Å². The van der Waals surface area contributed by atoms with Crippen molar-refractivity contribution >= 4 is 28.5 Å². The Bertz CT molecular complexity index is 827. The van der Waals surface area contributed by atoms with E-state index in [0.29, 0.717) is 18.1 Å². The second-order valence-electron chi connectivity index (χ2n) is 5.00. The normalized spacial score (nSPS) is 10.7. The van der Waals surface area contributed by atoms with Gasteiger partial charge in [-0.2, -0.15) is 0 Å². The highest BCUT2D eigenvalue weighted by Gasteiger charge is 2.09. The molecule has 3 nitrogen and oxygen atoms in total. The van der Waals surface area contributed by atoms with Gasteiger partial charge in [0.15, 0.2) is 0 Å². The topological polar surface area (TPSA) is 39.2 Å². The van der Waals surface area contributed by atoms with Crippen molar-refractivity contribution in [3.8, 4) is 0 Å².